The Kier molecular flexibility index (Phi) is 3.56. The molecule has 1 atom stereocenters. The molecule has 2 rings (SSSR count). The maximum Gasteiger partial charge on any atom is 0.331 e. The molecule has 2 aromatic rings. The first-order chi connectivity index (χ1) is 9.08. The van der Waals surface area contributed by atoms with Crippen LogP contribution < -0.4 is 5.32 Å². The SMILES string of the molecule is Cn1cc(C(NC(=O)c2cccnc2)C(=O)O)cn1. The lowest BCUT2D eigenvalue weighted by atomic mass is 10.1. The molecule has 19 heavy (non-hydrogen) atoms. The van der Waals surface area contributed by atoms with E-state index in [4.69, 9.17) is 5.11 Å². The predicted octanol–water partition coefficient (Wildman–Crippen LogP) is 0.371. The molecule has 0 aliphatic heterocycles. The highest BCUT2D eigenvalue weighted by molar-refractivity contribution is 5.96. The summed E-state index contributed by atoms with van der Waals surface area (Å²) in [5.74, 6) is -1.64. The number of hydrogen-bond donors (Lipinski definition) is 2. The summed E-state index contributed by atoms with van der Waals surface area (Å²) in [4.78, 5) is 26.9. The molecule has 2 N–H and O–H groups in total. The monoisotopic (exact) mass is 260 g/mol. The summed E-state index contributed by atoms with van der Waals surface area (Å²) in [6, 6.07) is 2.03. The van der Waals surface area contributed by atoms with Crippen LogP contribution in [-0.4, -0.2) is 31.7 Å². The Morgan fingerprint density at radius 2 is 2.21 bits per heavy atom. The number of carboxylic acids is 1. The molecule has 2 heterocycles. The first-order valence-electron chi connectivity index (χ1n) is 5.50. The smallest absolute Gasteiger partial charge is 0.331 e. The van der Waals surface area contributed by atoms with Gasteiger partial charge < -0.3 is 10.4 Å². The Bertz CT molecular complexity index is 594. The number of aliphatic carboxylic acids is 1. The first kappa shape index (κ1) is 12.7. The number of hydrogen-bond acceptors (Lipinski definition) is 4. The fourth-order valence-electron chi connectivity index (χ4n) is 1.59. The van der Waals surface area contributed by atoms with Crippen LogP contribution in [-0.2, 0) is 11.8 Å². The van der Waals surface area contributed by atoms with E-state index in [0.717, 1.165) is 0 Å². The highest BCUT2D eigenvalue weighted by Gasteiger charge is 2.23. The summed E-state index contributed by atoms with van der Waals surface area (Å²) in [6.45, 7) is 0. The number of amides is 1. The molecule has 1 unspecified atom stereocenters. The fraction of sp³-hybridized carbons (Fsp3) is 0.167. The molecule has 0 aliphatic carbocycles. The Morgan fingerprint density at radius 3 is 2.74 bits per heavy atom. The van der Waals surface area contributed by atoms with E-state index in [1.807, 2.05) is 0 Å². The molecule has 0 fully saturated rings. The van der Waals surface area contributed by atoms with Crippen LogP contribution in [0, 0.1) is 0 Å². The number of nitrogens with zero attached hydrogens (tertiary/aromatic N) is 3. The molecule has 0 spiro atoms. The zero-order valence-electron chi connectivity index (χ0n) is 10.1. The molecule has 0 radical (unpaired) electrons. The Labute approximate surface area is 108 Å². The van der Waals surface area contributed by atoms with Gasteiger partial charge in [-0.3, -0.25) is 14.5 Å². The quantitative estimate of drug-likeness (QED) is 0.827. The van der Waals surface area contributed by atoms with Crippen molar-refractivity contribution in [2.45, 2.75) is 6.04 Å². The first-order valence-corrected chi connectivity index (χ1v) is 5.50. The third-order valence-corrected chi connectivity index (χ3v) is 2.50. The van der Waals surface area contributed by atoms with Crippen LogP contribution in [0.15, 0.2) is 36.9 Å². The third kappa shape index (κ3) is 2.95. The van der Waals surface area contributed by atoms with E-state index in [1.54, 1.807) is 25.4 Å². The van der Waals surface area contributed by atoms with Crippen LogP contribution >= 0.6 is 0 Å². The average molecular weight is 260 g/mol. The zero-order chi connectivity index (χ0) is 13.8. The van der Waals surface area contributed by atoms with Gasteiger partial charge in [-0.15, -0.1) is 0 Å². The number of nitrogens with one attached hydrogen (secondary N) is 1. The molecule has 0 aromatic carbocycles. The van der Waals surface area contributed by atoms with Crippen molar-refractivity contribution in [2.24, 2.45) is 7.05 Å². The largest absolute Gasteiger partial charge is 0.479 e. The van der Waals surface area contributed by atoms with E-state index in [9.17, 15) is 9.59 Å². The number of carboxylic acid groups (broad SMARTS) is 1. The predicted molar refractivity (Wildman–Crippen MR) is 65.3 cm³/mol. The van der Waals surface area contributed by atoms with E-state index < -0.39 is 17.9 Å². The van der Waals surface area contributed by atoms with Crippen molar-refractivity contribution in [3.63, 3.8) is 0 Å². The summed E-state index contributed by atoms with van der Waals surface area (Å²) in [5.41, 5.74) is 0.713. The second kappa shape index (κ2) is 5.30. The van der Waals surface area contributed by atoms with E-state index >= 15 is 0 Å². The lowest BCUT2D eigenvalue weighted by molar-refractivity contribution is -0.139. The normalized spacial score (nSPS) is 11.8. The van der Waals surface area contributed by atoms with Gasteiger partial charge in [0.25, 0.3) is 5.91 Å². The maximum atomic E-state index is 11.9. The van der Waals surface area contributed by atoms with E-state index in [-0.39, 0.29) is 0 Å². The van der Waals surface area contributed by atoms with Crippen LogP contribution in [0.1, 0.15) is 22.0 Å². The van der Waals surface area contributed by atoms with Gasteiger partial charge in [0, 0.05) is 31.2 Å². The molecule has 1 amide bonds. The third-order valence-electron chi connectivity index (χ3n) is 2.50. The van der Waals surface area contributed by atoms with E-state index in [0.29, 0.717) is 11.1 Å². The second-order valence-corrected chi connectivity index (χ2v) is 3.93. The Hall–Kier alpha value is -2.70. The summed E-state index contributed by atoms with van der Waals surface area (Å²) >= 11 is 0. The number of pyridine rings is 1. The van der Waals surface area contributed by atoms with Gasteiger partial charge in [0.1, 0.15) is 0 Å². The highest BCUT2D eigenvalue weighted by Crippen LogP contribution is 2.12. The maximum absolute atomic E-state index is 11.9. The van der Waals surface area contributed by atoms with Crippen LogP contribution in [0.2, 0.25) is 0 Å². The van der Waals surface area contributed by atoms with Crippen molar-refractivity contribution >= 4 is 11.9 Å². The summed E-state index contributed by atoms with van der Waals surface area (Å²) < 4.78 is 1.47. The number of carbonyl (C=O) groups excluding carboxylic acids is 1. The van der Waals surface area contributed by atoms with Crippen molar-refractivity contribution in [3.8, 4) is 0 Å². The minimum Gasteiger partial charge on any atom is -0.479 e. The van der Waals surface area contributed by atoms with Crippen LogP contribution in [0.4, 0.5) is 0 Å². The van der Waals surface area contributed by atoms with Gasteiger partial charge >= 0.3 is 5.97 Å². The van der Waals surface area contributed by atoms with Gasteiger partial charge in [-0.2, -0.15) is 5.10 Å². The molecule has 0 saturated heterocycles. The van der Waals surface area contributed by atoms with Gasteiger partial charge in [0.2, 0.25) is 0 Å². The molecule has 0 saturated carbocycles. The molecular formula is C12H12N4O3. The Balaban J connectivity index is 2.18. The lowest BCUT2D eigenvalue weighted by Crippen LogP contribution is -2.33. The second-order valence-electron chi connectivity index (χ2n) is 3.93. The molecule has 2 aromatic heterocycles. The Morgan fingerprint density at radius 1 is 1.42 bits per heavy atom. The van der Waals surface area contributed by atoms with Crippen LogP contribution in [0.5, 0.6) is 0 Å². The van der Waals surface area contributed by atoms with Crippen LogP contribution in [0.25, 0.3) is 0 Å². The number of aromatic nitrogens is 3. The number of carbonyl (C=O) groups is 2. The molecular weight excluding hydrogens is 248 g/mol. The van der Waals surface area contributed by atoms with Crippen molar-refractivity contribution in [3.05, 3.63) is 48.0 Å². The average Bonchev–Trinajstić information content (AvgIpc) is 2.82. The van der Waals surface area contributed by atoms with Gasteiger partial charge in [0.05, 0.1) is 11.8 Å². The van der Waals surface area contributed by atoms with Gasteiger partial charge in [0.15, 0.2) is 6.04 Å². The highest BCUT2D eigenvalue weighted by atomic mass is 16.4. The van der Waals surface area contributed by atoms with Crippen molar-refractivity contribution in [1.29, 1.82) is 0 Å². The minimum atomic E-state index is -1.15. The molecule has 98 valence electrons. The topological polar surface area (TPSA) is 97.1 Å². The summed E-state index contributed by atoms with van der Waals surface area (Å²) in [5, 5.41) is 15.5. The van der Waals surface area contributed by atoms with Gasteiger partial charge in [-0.05, 0) is 12.1 Å². The molecule has 0 bridgehead atoms. The molecule has 7 nitrogen and oxygen atoms in total. The van der Waals surface area contributed by atoms with Gasteiger partial charge in [-0.25, -0.2) is 4.79 Å². The lowest BCUT2D eigenvalue weighted by Gasteiger charge is -2.12. The van der Waals surface area contributed by atoms with E-state index in [2.05, 4.69) is 15.4 Å². The zero-order valence-corrected chi connectivity index (χ0v) is 10.1. The minimum absolute atomic E-state index is 0.303. The number of aryl methyl sites for hydroxylation is 1. The van der Waals surface area contributed by atoms with Crippen molar-refractivity contribution in [1.82, 2.24) is 20.1 Å². The number of rotatable bonds is 4. The fourth-order valence-corrected chi connectivity index (χ4v) is 1.59. The summed E-state index contributed by atoms with van der Waals surface area (Å²) in [6.07, 6.45) is 5.86. The molecule has 7 heteroatoms. The van der Waals surface area contributed by atoms with Crippen molar-refractivity contribution in [2.75, 3.05) is 0 Å². The van der Waals surface area contributed by atoms with Gasteiger partial charge in [-0.1, -0.05) is 0 Å². The van der Waals surface area contributed by atoms with E-state index in [1.165, 1.54) is 23.3 Å². The van der Waals surface area contributed by atoms with Crippen molar-refractivity contribution < 1.29 is 14.7 Å². The standard InChI is InChI=1S/C12H12N4O3/c1-16-7-9(6-14-16)10(12(18)19)15-11(17)8-3-2-4-13-5-8/h2-7,10H,1H3,(H,15,17)(H,18,19). The summed E-state index contributed by atoms with van der Waals surface area (Å²) in [7, 11) is 1.67. The molecule has 0 aliphatic rings. The van der Waals surface area contributed by atoms with Crippen LogP contribution in [0.3, 0.4) is 0 Å².